The molecule has 0 atom stereocenters. The maximum absolute atomic E-state index is 4.08. The van der Waals surface area contributed by atoms with Crippen LogP contribution in [0.1, 0.15) is 71.6 Å². The lowest BCUT2D eigenvalue weighted by Crippen LogP contribution is -2.27. The zero-order chi connectivity index (χ0) is 13.5. The van der Waals surface area contributed by atoms with Gasteiger partial charge in [-0.15, -0.1) is 0 Å². The lowest BCUT2D eigenvalue weighted by molar-refractivity contribution is 0.576. The van der Waals surface area contributed by atoms with Crippen molar-refractivity contribution in [1.29, 1.82) is 0 Å². The molecule has 0 unspecified atom stereocenters. The number of nitrogens with one attached hydrogen (secondary N) is 2. The third-order valence-corrected chi connectivity index (χ3v) is 3.19. The van der Waals surface area contributed by atoms with Crippen LogP contribution >= 0.6 is 0 Å². The number of hydrogen-bond acceptors (Lipinski definition) is 2. The SMILES string of the molecule is C=C(CCCCCCCCC)NCCNCCC. The molecule has 0 heterocycles. The van der Waals surface area contributed by atoms with Gasteiger partial charge in [0.25, 0.3) is 0 Å². The van der Waals surface area contributed by atoms with E-state index < -0.39 is 0 Å². The van der Waals surface area contributed by atoms with Crippen molar-refractivity contribution < 1.29 is 0 Å². The summed E-state index contributed by atoms with van der Waals surface area (Å²) in [4.78, 5) is 0. The molecule has 18 heavy (non-hydrogen) atoms. The predicted octanol–water partition coefficient (Wildman–Crippen LogP) is 4.23. The van der Waals surface area contributed by atoms with Gasteiger partial charge in [-0.1, -0.05) is 59.0 Å². The summed E-state index contributed by atoms with van der Waals surface area (Å²) in [6.07, 6.45) is 12.0. The quantitative estimate of drug-likeness (QED) is 0.453. The van der Waals surface area contributed by atoms with Crippen LogP contribution in [0.5, 0.6) is 0 Å². The Morgan fingerprint density at radius 3 is 2.11 bits per heavy atom. The smallest absolute Gasteiger partial charge is 0.0269 e. The molecule has 0 aromatic carbocycles. The maximum atomic E-state index is 4.08. The third-order valence-electron chi connectivity index (χ3n) is 3.19. The zero-order valence-electron chi connectivity index (χ0n) is 12.7. The Morgan fingerprint density at radius 1 is 0.778 bits per heavy atom. The highest BCUT2D eigenvalue weighted by Crippen LogP contribution is 2.10. The Labute approximate surface area is 115 Å². The van der Waals surface area contributed by atoms with Gasteiger partial charge in [-0.3, -0.25) is 0 Å². The summed E-state index contributed by atoms with van der Waals surface area (Å²) < 4.78 is 0. The molecule has 0 aromatic heterocycles. The van der Waals surface area contributed by atoms with Gasteiger partial charge in [0.2, 0.25) is 0 Å². The first-order chi connectivity index (χ1) is 8.81. The molecule has 0 amide bonds. The molecule has 0 bridgehead atoms. The van der Waals surface area contributed by atoms with Gasteiger partial charge in [-0.05, 0) is 25.8 Å². The van der Waals surface area contributed by atoms with Crippen molar-refractivity contribution in [3.05, 3.63) is 12.3 Å². The first-order valence-electron chi connectivity index (χ1n) is 7.93. The van der Waals surface area contributed by atoms with E-state index in [0.29, 0.717) is 0 Å². The maximum Gasteiger partial charge on any atom is 0.0269 e. The van der Waals surface area contributed by atoms with Gasteiger partial charge < -0.3 is 10.6 Å². The summed E-state index contributed by atoms with van der Waals surface area (Å²) in [6.45, 7) is 11.7. The first kappa shape index (κ1) is 17.5. The van der Waals surface area contributed by atoms with Gasteiger partial charge in [-0.2, -0.15) is 0 Å². The zero-order valence-corrected chi connectivity index (χ0v) is 12.7. The second kappa shape index (κ2) is 14.6. The van der Waals surface area contributed by atoms with E-state index in [9.17, 15) is 0 Å². The molecule has 0 spiro atoms. The Balaban J connectivity index is 3.12. The minimum atomic E-state index is 1.01. The van der Waals surface area contributed by atoms with Crippen molar-refractivity contribution in [2.24, 2.45) is 0 Å². The van der Waals surface area contributed by atoms with Crippen molar-refractivity contribution in [3.63, 3.8) is 0 Å². The molecule has 2 N–H and O–H groups in total. The van der Waals surface area contributed by atoms with E-state index >= 15 is 0 Å². The molecule has 2 heteroatoms. The van der Waals surface area contributed by atoms with Gasteiger partial charge in [-0.25, -0.2) is 0 Å². The van der Waals surface area contributed by atoms with Crippen LogP contribution in [-0.2, 0) is 0 Å². The topological polar surface area (TPSA) is 24.1 Å². The van der Waals surface area contributed by atoms with E-state index in [4.69, 9.17) is 0 Å². The molecule has 0 saturated heterocycles. The van der Waals surface area contributed by atoms with Gasteiger partial charge in [0.1, 0.15) is 0 Å². The van der Waals surface area contributed by atoms with Crippen LogP contribution in [0.3, 0.4) is 0 Å². The van der Waals surface area contributed by atoms with E-state index in [-0.39, 0.29) is 0 Å². The van der Waals surface area contributed by atoms with Crippen LogP contribution < -0.4 is 10.6 Å². The fourth-order valence-electron chi connectivity index (χ4n) is 2.01. The van der Waals surface area contributed by atoms with Gasteiger partial charge in [0.15, 0.2) is 0 Å². The van der Waals surface area contributed by atoms with Crippen LogP contribution in [-0.4, -0.2) is 19.6 Å². The average Bonchev–Trinajstić information content (AvgIpc) is 2.37. The van der Waals surface area contributed by atoms with Crippen LogP contribution in [0.4, 0.5) is 0 Å². The Morgan fingerprint density at radius 2 is 1.44 bits per heavy atom. The molecule has 2 nitrogen and oxygen atoms in total. The minimum absolute atomic E-state index is 1.01. The number of hydrogen-bond donors (Lipinski definition) is 2. The highest BCUT2D eigenvalue weighted by Gasteiger charge is 1.95. The molecule has 0 aliphatic heterocycles. The van der Waals surface area contributed by atoms with Crippen molar-refractivity contribution in [1.82, 2.24) is 10.6 Å². The molecule has 0 aliphatic rings. The van der Waals surface area contributed by atoms with E-state index in [1.165, 1.54) is 57.1 Å². The van der Waals surface area contributed by atoms with Crippen LogP contribution in [0.15, 0.2) is 12.3 Å². The van der Waals surface area contributed by atoms with E-state index in [1.54, 1.807) is 0 Å². The van der Waals surface area contributed by atoms with Crippen molar-refractivity contribution in [3.8, 4) is 0 Å². The number of rotatable bonds is 14. The standard InChI is InChI=1S/C16H34N2/c1-4-6-7-8-9-10-11-12-16(3)18-15-14-17-13-5-2/h17-18H,3-15H2,1-2H3. The van der Waals surface area contributed by atoms with Gasteiger partial charge >= 0.3 is 0 Å². The fourth-order valence-corrected chi connectivity index (χ4v) is 2.01. The summed E-state index contributed by atoms with van der Waals surface area (Å²) >= 11 is 0. The number of allylic oxidation sites excluding steroid dienone is 1. The summed E-state index contributed by atoms with van der Waals surface area (Å²) in [5.41, 5.74) is 1.21. The third kappa shape index (κ3) is 13.6. The molecule has 0 aliphatic carbocycles. The van der Waals surface area contributed by atoms with E-state index in [0.717, 1.165) is 26.1 Å². The first-order valence-corrected chi connectivity index (χ1v) is 7.93. The second-order valence-corrected chi connectivity index (χ2v) is 5.15. The van der Waals surface area contributed by atoms with Crippen molar-refractivity contribution in [2.45, 2.75) is 71.6 Å². The lowest BCUT2D eigenvalue weighted by Gasteiger charge is -2.10. The van der Waals surface area contributed by atoms with Crippen LogP contribution in [0.2, 0.25) is 0 Å². The van der Waals surface area contributed by atoms with Crippen molar-refractivity contribution >= 4 is 0 Å². The minimum Gasteiger partial charge on any atom is -0.388 e. The van der Waals surface area contributed by atoms with Crippen molar-refractivity contribution in [2.75, 3.05) is 19.6 Å². The average molecular weight is 254 g/mol. The highest BCUT2D eigenvalue weighted by molar-refractivity contribution is 4.90. The summed E-state index contributed by atoms with van der Waals surface area (Å²) in [6, 6.07) is 0. The summed E-state index contributed by atoms with van der Waals surface area (Å²) in [5.74, 6) is 0. The molecule has 0 fully saturated rings. The molecular weight excluding hydrogens is 220 g/mol. The Kier molecular flexibility index (Phi) is 14.2. The van der Waals surface area contributed by atoms with Crippen LogP contribution in [0, 0.1) is 0 Å². The molecule has 0 aromatic rings. The summed E-state index contributed by atoms with van der Waals surface area (Å²) in [7, 11) is 0. The number of unbranched alkanes of at least 4 members (excludes halogenated alkanes) is 6. The van der Waals surface area contributed by atoms with E-state index in [2.05, 4.69) is 31.1 Å². The van der Waals surface area contributed by atoms with Gasteiger partial charge in [0, 0.05) is 18.8 Å². The Bertz CT molecular complexity index is 178. The molecule has 0 radical (unpaired) electrons. The monoisotopic (exact) mass is 254 g/mol. The molecule has 108 valence electrons. The Hall–Kier alpha value is -0.500. The molecule has 0 saturated carbocycles. The molecular formula is C16H34N2. The van der Waals surface area contributed by atoms with Crippen LogP contribution in [0.25, 0.3) is 0 Å². The largest absolute Gasteiger partial charge is 0.388 e. The second-order valence-electron chi connectivity index (χ2n) is 5.15. The van der Waals surface area contributed by atoms with E-state index in [1.807, 2.05) is 0 Å². The normalized spacial score (nSPS) is 10.6. The lowest BCUT2D eigenvalue weighted by atomic mass is 10.1. The molecule has 0 rings (SSSR count). The predicted molar refractivity (Wildman–Crippen MR) is 82.9 cm³/mol. The highest BCUT2D eigenvalue weighted by atomic mass is 14.9. The summed E-state index contributed by atoms with van der Waals surface area (Å²) in [5, 5.41) is 6.78. The van der Waals surface area contributed by atoms with Gasteiger partial charge in [0.05, 0.1) is 0 Å². The fraction of sp³-hybridized carbons (Fsp3) is 0.875.